The zero-order valence-corrected chi connectivity index (χ0v) is 15.8. The van der Waals surface area contributed by atoms with Crippen molar-refractivity contribution in [1.82, 2.24) is 14.9 Å². The number of nitrogens with zero attached hydrogens (tertiary/aromatic N) is 2. The number of nitrogens with one attached hydrogen (secondary N) is 1. The third kappa shape index (κ3) is 5.07. The van der Waals surface area contributed by atoms with Gasteiger partial charge in [-0.05, 0) is 30.2 Å². The molecule has 0 radical (unpaired) electrons. The van der Waals surface area contributed by atoms with E-state index in [2.05, 4.69) is 10.3 Å². The molecule has 6 heteroatoms. The van der Waals surface area contributed by atoms with Crippen molar-refractivity contribution in [2.24, 2.45) is 0 Å². The van der Waals surface area contributed by atoms with Crippen LogP contribution < -0.4 is 5.32 Å². The highest BCUT2D eigenvalue weighted by molar-refractivity contribution is 5.91. The summed E-state index contributed by atoms with van der Waals surface area (Å²) in [6, 6.07) is 17.4. The number of carbonyl (C=O) groups is 2. The summed E-state index contributed by atoms with van der Waals surface area (Å²) in [5.41, 5.74) is 2.73. The number of hydrogen-bond acceptors (Lipinski definition) is 4. The summed E-state index contributed by atoms with van der Waals surface area (Å²) in [6.45, 7) is 0.651. The molecular weight excluding hydrogens is 354 g/mol. The van der Waals surface area contributed by atoms with Gasteiger partial charge in [0.1, 0.15) is 12.4 Å². The molecule has 0 atom stereocenters. The van der Waals surface area contributed by atoms with Crippen molar-refractivity contribution in [3.8, 4) is 0 Å². The minimum atomic E-state index is -0.316. The van der Waals surface area contributed by atoms with Gasteiger partial charge in [-0.1, -0.05) is 42.5 Å². The largest absolute Gasteiger partial charge is 0.468 e. The molecule has 2 aromatic carbocycles. The number of fused-ring (bicyclic) bond motifs is 1. The maximum Gasteiger partial charge on any atom is 0.325 e. The molecule has 0 saturated heterocycles. The lowest BCUT2D eigenvalue weighted by Gasteiger charge is -2.08. The second-order valence-corrected chi connectivity index (χ2v) is 6.32. The molecule has 0 bridgehead atoms. The van der Waals surface area contributed by atoms with E-state index in [1.807, 2.05) is 59.2 Å². The van der Waals surface area contributed by atoms with Crippen molar-refractivity contribution < 1.29 is 14.3 Å². The number of aryl methyl sites for hydroxylation is 1. The minimum absolute atomic E-state index is 0.124. The number of carbonyl (C=O) groups excluding carboxylic acids is 2. The average molecular weight is 377 g/mol. The molecule has 0 aliphatic carbocycles. The van der Waals surface area contributed by atoms with Gasteiger partial charge in [-0.3, -0.25) is 9.59 Å². The first-order chi connectivity index (χ1) is 13.7. The summed E-state index contributed by atoms with van der Waals surface area (Å²) in [5, 5.41) is 2.87. The van der Waals surface area contributed by atoms with Crippen LogP contribution in [-0.2, 0) is 27.3 Å². The monoisotopic (exact) mass is 377 g/mol. The van der Waals surface area contributed by atoms with E-state index in [4.69, 9.17) is 4.74 Å². The van der Waals surface area contributed by atoms with E-state index in [1.165, 1.54) is 13.2 Å². The van der Waals surface area contributed by atoms with Gasteiger partial charge in [-0.2, -0.15) is 0 Å². The smallest absolute Gasteiger partial charge is 0.325 e. The number of ether oxygens (including phenoxy) is 1. The fraction of sp³-hybridized carbons (Fsp3) is 0.227. The van der Waals surface area contributed by atoms with Crippen LogP contribution >= 0.6 is 0 Å². The van der Waals surface area contributed by atoms with Crippen LogP contribution in [0.4, 0.5) is 0 Å². The average Bonchev–Trinajstić information content (AvgIpc) is 3.07. The van der Waals surface area contributed by atoms with Crippen LogP contribution in [0.1, 0.15) is 17.8 Å². The van der Waals surface area contributed by atoms with Crippen molar-refractivity contribution in [2.75, 3.05) is 13.7 Å². The molecule has 3 rings (SSSR count). The van der Waals surface area contributed by atoms with E-state index in [-0.39, 0.29) is 18.4 Å². The Morgan fingerprint density at radius 1 is 1.11 bits per heavy atom. The van der Waals surface area contributed by atoms with Gasteiger partial charge in [0.15, 0.2) is 0 Å². The van der Waals surface area contributed by atoms with E-state index in [9.17, 15) is 9.59 Å². The van der Waals surface area contributed by atoms with Gasteiger partial charge in [0.05, 0.1) is 18.1 Å². The molecule has 0 aliphatic heterocycles. The van der Waals surface area contributed by atoms with E-state index in [0.29, 0.717) is 13.0 Å². The number of benzene rings is 2. The summed E-state index contributed by atoms with van der Waals surface area (Å²) >= 11 is 0. The number of esters is 1. The van der Waals surface area contributed by atoms with Gasteiger partial charge in [-0.25, -0.2) is 4.98 Å². The zero-order valence-electron chi connectivity index (χ0n) is 15.8. The molecule has 28 heavy (non-hydrogen) atoms. The maximum absolute atomic E-state index is 11.9. The van der Waals surface area contributed by atoms with Crippen LogP contribution in [0.25, 0.3) is 17.1 Å². The molecule has 0 spiro atoms. The first-order valence-corrected chi connectivity index (χ1v) is 9.19. The topological polar surface area (TPSA) is 73.2 Å². The molecular formula is C22H23N3O3. The highest BCUT2D eigenvalue weighted by Gasteiger charge is 2.13. The van der Waals surface area contributed by atoms with Crippen LogP contribution in [0.3, 0.4) is 0 Å². The van der Waals surface area contributed by atoms with Crippen molar-refractivity contribution in [3.63, 3.8) is 0 Å². The fourth-order valence-electron chi connectivity index (χ4n) is 2.94. The Kier molecular flexibility index (Phi) is 6.57. The number of para-hydroxylation sites is 2. The van der Waals surface area contributed by atoms with Gasteiger partial charge in [-0.15, -0.1) is 0 Å². The lowest BCUT2D eigenvalue weighted by atomic mass is 10.2. The second-order valence-electron chi connectivity index (χ2n) is 6.32. The molecule has 0 saturated carbocycles. The number of methoxy groups -OCH3 is 1. The summed E-state index contributed by atoms with van der Waals surface area (Å²) in [4.78, 5) is 28.3. The Balaban J connectivity index is 1.56. The third-order valence-electron chi connectivity index (χ3n) is 4.35. The Morgan fingerprint density at radius 3 is 2.64 bits per heavy atom. The van der Waals surface area contributed by atoms with Gasteiger partial charge in [0, 0.05) is 19.0 Å². The minimum Gasteiger partial charge on any atom is -0.468 e. The van der Waals surface area contributed by atoms with Gasteiger partial charge < -0.3 is 14.6 Å². The predicted octanol–water partition coefficient (Wildman–Crippen LogP) is 2.97. The number of imidazole rings is 1. The van der Waals surface area contributed by atoms with E-state index >= 15 is 0 Å². The van der Waals surface area contributed by atoms with Gasteiger partial charge in [0.25, 0.3) is 0 Å². The highest BCUT2D eigenvalue weighted by atomic mass is 16.5. The first kappa shape index (κ1) is 19.4. The Bertz CT molecular complexity index is 977. The van der Waals surface area contributed by atoms with E-state index in [1.54, 1.807) is 6.08 Å². The van der Waals surface area contributed by atoms with Crippen molar-refractivity contribution >= 4 is 29.0 Å². The van der Waals surface area contributed by atoms with Crippen LogP contribution in [0.5, 0.6) is 0 Å². The number of amides is 1. The lowest BCUT2D eigenvalue weighted by Crippen LogP contribution is -2.23. The molecule has 144 valence electrons. The van der Waals surface area contributed by atoms with Crippen LogP contribution in [0, 0.1) is 0 Å². The zero-order chi connectivity index (χ0) is 19.8. The number of rotatable bonds is 8. The van der Waals surface area contributed by atoms with Crippen molar-refractivity contribution in [2.45, 2.75) is 19.4 Å². The van der Waals surface area contributed by atoms with E-state index < -0.39 is 0 Å². The number of aromatic nitrogens is 2. The first-order valence-electron chi connectivity index (χ1n) is 9.19. The Hall–Kier alpha value is -3.41. The maximum atomic E-state index is 11.9. The summed E-state index contributed by atoms with van der Waals surface area (Å²) in [7, 11) is 1.37. The predicted molar refractivity (Wildman–Crippen MR) is 109 cm³/mol. The molecule has 1 heterocycles. The standard InChI is InChI=1S/C22H23N3O3/c1-28-22(27)16-25-19-11-6-5-10-18(19)24-20(25)12-7-15-23-21(26)14-13-17-8-3-2-4-9-17/h2-6,8-11,13-14H,7,12,15-16H2,1H3,(H,23,26)/b14-13-. The third-order valence-corrected chi connectivity index (χ3v) is 4.35. The Morgan fingerprint density at radius 2 is 1.86 bits per heavy atom. The van der Waals surface area contributed by atoms with Crippen molar-refractivity contribution in [1.29, 1.82) is 0 Å². The summed E-state index contributed by atoms with van der Waals surface area (Å²) < 4.78 is 6.67. The van der Waals surface area contributed by atoms with Crippen molar-refractivity contribution in [3.05, 3.63) is 72.1 Å². The summed E-state index contributed by atoms with van der Waals surface area (Å²) in [6.07, 6.45) is 4.68. The van der Waals surface area contributed by atoms with E-state index in [0.717, 1.165) is 28.8 Å². The molecule has 3 aromatic rings. The molecule has 0 aliphatic rings. The second kappa shape index (κ2) is 9.50. The SMILES string of the molecule is COC(=O)Cn1c(CCCNC(=O)/C=C\c2ccccc2)nc2ccccc21. The fourth-order valence-corrected chi connectivity index (χ4v) is 2.94. The molecule has 0 unspecified atom stereocenters. The molecule has 1 aromatic heterocycles. The summed E-state index contributed by atoms with van der Waals surface area (Å²) in [5.74, 6) is 0.358. The quantitative estimate of drug-likeness (QED) is 0.372. The molecule has 1 amide bonds. The van der Waals surface area contributed by atoms with Gasteiger partial charge >= 0.3 is 5.97 Å². The van der Waals surface area contributed by atoms with Crippen LogP contribution in [-0.4, -0.2) is 35.1 Å². The van der Waals surface area contributed by atoms with Gasteiger partial charge in [0.2, 0.25) is 5.91 Å². The molecule has 1 N–H and O–H groups in total. The molecule has 6 nitrogen and oxygen atoms in total. The lowest BCUT2D eigenvalue weighted by molar-refractivity contribution is -0.141. The normalized spacial score (nSPS) is 11.0. The van der Waals surface area contributed by atoms with Crippen LogP contribution in [0.15, 0.2) is 60.7 Å². The Labute approximate surface area is 163 Å². The number of hydrogen-bond donors (Lipinski definition) is 1. The molecule has 0 fully saturated rings. The van der Waals surface area contributed by atoms with Crippen LogP contribution in [0.2, 0.25) is 0 Å². The highest BCUT2D eigenvalue weighted by Crippen LogP contribution is 2.17.